The third kappa shape index (κ3) is 4.69. The van der Waals surface area contributed by atoms with Gasteiger partial charge >= 0.3 is 5.97 Å². The van der Waals surface area contributed by atoms with Crippen LogP contribution in [0.1, 0.15) is 58.1 Å². The Hall–Kier alpha value is -2.83. The van der Waals surface area contributed by atoms with Crippen molar-refractivity contribution in [2.24, 2.45) is 0 Å². The lowest BCUT2D eigenvalue weighted by Crippen LogP contribution is -2.27. The average molecular weight is 491 g/mol. The van der Waals surface area contributed by atoms with Crippen molar-refractivity contribution in [3.8, 4) is 0 Å². The summed E-state index contributed by atoms with van der Waals surface area (Å²) in [5.74, 6) is -0.290. The van der Waals surface area contributed by atoms with E-state index in [9.17, 15) is 4.79 Å². The molecule has 4 rings (SSSR count). The van der Waals surface area contributed by atoms with E-state index in [1.54, 1.807) is 0 Å². The second kappa shape index (κ2) is 10.0. The molecule has 1 N–H and O–H groups in total. The highest BCUT2D eigenvalue weighted by Crippen LogP contribution is 2.47. The zero-order valence-corrected chi connectivity index (χ0v) is 22.2. The van der Waals surface area contributed by atoms with E-state index in [-0.39, 0.29) is 16.8 Å². The highest BCUT2D eigenvalue weighted by Gasteiger charge is 2.43. The molecular weight excluding hydrogens is 454 g/mol. The number of rotatable bonds is 8. The molecule has 0 aliphatic carbocycles. The number of hydrogen-bond acceptors (Lipinski definition) is 5. The lowest BCUT2D eigenvalue weighted by molar-refractivity contribution is -0.401. The van der Waals surface area contributed by atoms with Crippen molar-refractivity contribution in [1.82, 2.24) is 4.89 Å². The first kappa shape index (κ1) is 25.3. The highest BCUT2D eigenvalue weighted by atomic mass is 32.1. The standard InChI is InChI=1S/C29H36N3O2S/c1-28(2)21-13-6-8-15-23(21)31(5)25(28)17-12-18-26-29(3,4)22-14-7-9-16-24(22)32(26)20-11-10-19-27(33)34-30-35/h6-9,12-18,30,35H,10-11,19-20H2,1-5H3/q+1. The topological polar surface area (TPSA) is 44.6 Å². The van der Waals surface area contributed by atoms with Crippen LogP contribution in [0.4, 0.5) is 11.4 Å². The van der Waals surface area contributed by atoms with Gasteiger partial charge in [0.15, 0.2) is 5.71 Å². The fourth-order valence-corrected chi connectivity index (χ4v) is 5.66. The predicted molar refractivity (Wildman–Crippen MR) is 146 cm³/mol. The molecule has 0 spiro atoms. The fourth-order valence-electron chi connectivity index (χ4n) is 5.56. The smallest absolute Gasteiger partial charge is 0.325 e. The minimum Gasteiger partial charge on any atom is -0.360 e. The number of carbonyl (C=O) groups excluding carboxylic acids is 1. The van der Waals surface area contributed by atoms with E-state index in [1.165, 1.54) is 33.9 Å². The van der Waals surface area contributed by atoms with E-state index < -0.39 is 0 Å². The van der Waals surface area contributed by atoms with Crippen LogP contribution in [0.2, 0.25) is 0 Å². The lowest BCUT2D eigenvalue weighted by atomic mass is 9.81. The van der Waals surface area contributed by atoms with E-state index in [2.05, 4.69) is 129 Å². The Labute approximate surface area is 214 Å². The summed E-state index contributed by atoms with van der Waals surface area (Å²) < 4.78 is 2.30. The first-order chi connectivity index (χ1) is 16.7. The molecule has 2 aliphatic rings. The Morgan fingerprint density at radius 2 is 1.71 bits per heavy atom. The average Bonchev–Trinajstić information content (AvgIpc) is 3.16. The number of fused-ring (bicyclic) bond motifs is 2. The predicted octanol–water partition coefficient (Wildman–Crippen LogP) is 5.99. The molecule has 0 amide bonds. The van der Waals surface area contributed by atoms with Crippen molar-refractivity contribution in [3.05, 3.63) is 83.6 Å². The Kier molecular flexibility index (Phi) is 7.25. The van der Waals surface area contributed by atoms with Crippen LogP contribution >= 0.6 is 12.8 Å². The molecule has 0 unspecified atom stereocenters. The van der Waals surface area contributed by atoms with Crippen molar-refractivity contribution in [2.75, 3.05) is 18.5 Å². The first-order valence-electron chi connectivity index (χ1n) is 12.2. The molecule has 2 aromatic carbocycles. The maximum absolute atomic E-state index is 11.7. The van der Waals surface area contributed by atoms with Gasteiger partial charge in [-0.3, -0.25) is 4.79 Å². The molecule has 0 atom stereocenters. The Balaban J connectivity index is 1.59. The van der Waals surface area contributed by atoms with Gasteiger partial charge in [0.1, 0.15) is 7.05 Å². The summed E-state index contributed by atoms with van der Waals surface area (Å²) in [5, 5.41) is 0. The van der Waals surface area contributed by atoms with E-state index in [0.717, 1.165) is 19.4 Å². The van der Waals surface area contributed by atoms with E-state index in [4.69, 9.17) is 4.84 Å². The Morgan fingerprint density at radius 1 is 1.03 bits per heavy atom. The summed E-state index contributed by atoms with van der Waals surface area (Å²) in [5.41, 5.74) is 7.60. The molecule has 0 radical (unpaired) electrons. The minimum atomic E-state index is -0.290. The lowest BCUT2D eigenvalue weighted by Gasteiger charge is -2.27. The molecule has 0 saturated heterocycles. The number of thiol groups is 1. The second-order valence-electron chi connectivity index (χ2n) is 10.3. The number of benzene rings is 2. The van der Waals surface area contributed by atoms with E-state index >= 15 is 0 Å². The molecular formula is C29H36N3O2S+. The van der Waals surface area contributed by atoms with Gasteiger partial charge in [-0.15, -0.1) is 0 Å². The van der Waals surface area contributed by atoms with Gasteiger partial charge in [-0.2, -0.15) is 4.58 Å². The normalized spacial score (nSPS) is 18.9. The number of para-hydroxylation sites is 2. The van der Waals surface area contributed by atoms with E-state index in [1.807, 2.05) is 0 Å². The van der Waals surface area contributed by atoms with Crippen molar-refractivity contribution in [1.29, 1.82) is 0 Å². The van der Waals surface area contributed by atoms with Gasteiger partial charge in [-0.05, 0) is 44.4 Å². The van der Waals surface area contributed by atoms with Crippen LogP contribution in [0.5, 0.6) is 0 Å². The SMILES string of the molecule is C[N+]1=C(/C=C/C=C2/N(CCCCC(=O)ONS)c3ccccc3C2(C)C)C(C)(C)c2ccccc21. The summed E-state index contributed by atoms with van der Waals surface area (Å²) in [6.07, 6.45) is 8.72. The number of nitrogens with one attached hydrogen (secondary N) is 1. The Bertz CT molecular complexity index is 1210. The number of carbonyl (C=O) groups is 1. The van der Waals surface area contributed by atoms with Gasteiger partial charge in [0.05, 0.1) is 5.41 Å². The number of anilines is 1. The maximum atomic E-state index is 11.7. The molecule has 2 aliphatic heterocycles. The molecule has 35 heavy (non-hydrogen) atoms. The molecule has 0 aromatic heterocycles. The van der Waals surface area contributed by atoms with Gasteiger partial charge in [0.2, 0.25) is 5.69 Å². The van der Waals surface area contributed by atoms with Crippen LogP contribution in [-0.2, 0) is 20.5 Å². The Morgan fingerprint density at radius 3 is 2.43 bits per heavy atom. The van der Waals surface area contributed by atoms with Crippen LogP contribution in [0.15, 0.2) is 72.5 Å². The number of allylic oxidation sites excluding steroid dienone is 4. The van der Waals surface area contributed by atoms with Gasteiger partial charge in [0, 0.05) is 47.5 Å². The molecule has 0 saturated carbocycles. The molecule has 6 heteroatoms. The van der Waals surface area contributed by atoms with Crippen LogP contribution in [0, 0.1) is 0 Å². The molecule has 0 bridgehead atoms. The van der Waals surface area contributed by atoms with Gasteiger partial charge < -0.3 is 9.74 Å². The van der Waals surface area contributed by atoms with Crippen molar-refractivity contribution < 1.29 is 14.2 Å². The summed E-state index contributed by atoms with van der Waals surface area (Å²) in [4.78, 5) is 20.9. The summed E-state index contributed by atoms with van der Waals surface area (Å²) in [7, 11) is 2.15. The zero-order chi connectivity index (χ0) is 25.2. The van der Waals surface area contributed by atoms with Crippen molar-refractivity contribution in [3.63, 3.8) is 0 Å². The number of unbranched alkanes of at least 4 members (excludes halogenated alkanes) is 1. The summed E-state index contributed by atoms with van der Waals surface area (Å²) >= 11 is 3.71. The third-order valence-corrected chi connectivity index (χ3v) is 7.51. The summed E-state index contributed by atoms with van der Waals surface area (Å²) in [6, 6.07) is 17.3. The van der Waals surface area contributed by atoms with Crippen molar-refractivity contribution >= 4 is 35.9 Å². The van der Waals surface area contributed by atoms with Crippen LogP contribution in [0.25, 0.3) is 0 Å². The highest BCUT2D eigenvalue weighted by molar-refractivity contribution is 7.77. The van der Waals surface area contributed by atoms with Crippen LogP contribution in [0.3, 0.4) is 0 Å². The zero-order valence-electron chi connectivity index (χ0n) is 21.3. The molecule has 5 nitrogen and oxygen atoms in total. The minimum absolute atomic E-state index is 0.0509. The molecule has 2 heterocycles. The molecule has 0 fully saturated rings. The first-order valence-corrected chi connectivity index (χ1v) is 12.7. The van der Waals surface area contributed by atoms with E-state index in [0.29, 0.717) is 6.42 Å². The van der Waals surface area contributed by atoms with Crippen LogP contribution in [-0.4, -0.2) is 29.8 Å². The maximum Gasteiger partial charge on any atom is 0.325 e. The molecule has 2 aromatic rings. The van der Waals surface area contributed by atoms with Gasteiger partial charge in [-0.1, -0.05) is 74.0 Å². The number of hydrogen-bond donors (Lipinski definition) is 2. The summed E-state index contributed by atoms with van der Waals surface area (Å²) in [6.45, 7) is 10.00. The van der Waals surface area contributed by atoms with Crippen LogP contribution < -0.4 is 9.79 Å². The second-order valence-corrected chi connectivity index (χ2v) is 10.5. The monoisotopic (exact) mass is 490 g/mol. The van der Waals surface area contributed by atoms with Crippen molar-refractivity contribution in [2.45, 2.75) is 57.8 Å². The number of nitrogens with zero attached hydrogens (tertiary/aromatic N) is 2. The largest absolute Gasteiger partial charge is 0.360 e. The fraction of sp³-hybridized carbons (Fsp3) is 0.379. The third-order valence-electron chi connectivity index (χ3n) is 7.42. The quantitative estimate of drug-likeness (QED) is 0.206. The van der Waals surface area contributed by atoms with Gasteiger partial charge in [-0.25, -0.2) is 0 Å². The van der Waals surface area contributed by atoms with Gasteiger partial charge in [0.25, 0.3) is 0 Å². The molecule has 184 valence electrons.